The molecule has 30 heavy (non-hydrogen) atoms. The van der Waals surface area contributed by atoms with E-state index in [1.165, 1.54) is 7.11 Å². The van der Waals surface area contributed by atoms with Gasteiger partial charge in [-0.25, -0.2) is 0 Å². The maximum atomic E-state index is 13.0. The number of carbonyl (C=O) groups excluding carboxylic acids is 2. The maximum absolute atomic E-state index is 13.0. The molecule has 1 aliphatic heterocycles. The van der Waals surface area contributed by atoms with Gasteiger partial charge in [0.25, 0.3) is 5.91 Å². The largest absolute Gasteiger partial charge is 0.495 e. The molecule has 0 atom stereocenters. The van der Waals surface area contributed by atoms with E-state index in [0.29, 0.717) is 39.1 Å². The minimum atomic E-state index is -0.681. The van der Waals surface area contributed by atoms with Crippen LogP contribution in [0.4, 0.5) is 5.69 Å². The first-order valence-electron chi connectivity index (χ1n) is 9.22. The molecule has 0 radical (unpaired) electrons. The predicted octanol–water partition coefficient (Wildman–Crippen LogP) is 4.77. The zero-order chi connectivity index (χ0) is 21.1. The lowest BCUT2D eigenvalue weighted by Gasteiger charge is -2.26. The summed E-state index contributed by atoms with van der Waals surface area (Å²) in [7, 11) is 1.49. The van der Waals surface area contributed by atoms with E-state index in [0.717, 1.165) is 0 Å². The lowest BCUT2D eigenvalue weighted by Crippen LogP contribution is -2.26. The molecule has 0 aromatic heterocycles. The highest BCUT2D eigenvalue weighted by atomic mass is 35.5. The van der Waals surface area contributed by atoms with Crippen molar-refractivity contribution in [3.8, 4) is 17.2 Å². The van der Waals surface area contributed by atoms with Crippen LogP contribution in [-0.2, 0) is 14.3 Å². The number of benzene rings is 3. The number of hydrogen-bond acceptors (Lipinski definition) is 5. The topological polar surface area (TPSA) is 73.9 Å². The van der Waals surface area contributed by atoms with Gasteiger partial charge in [0.15, 0.2) is 6.61 Å². The number of methoxy groups -OCH3 is 1. The summed E-state index contributed by atoms with van der Waals surface area (Å²) in [6.45, 7) is -0.448. The molecule has 1 amide bonds. The zero-order valence-corrected chi connectivity index (χ0v) is 16.8. The smallest absolute Gasteiger partial charge is 0.318 e. The van der Waals surface area contributed by atoms with Crippen LogP contribution < -0.4 is 14.8 Å². The van der Waals surface area contributed by atoms with E-state index in [9.17, 15) is 9.59 Å². The van der Waals surface area contributed by atoms with Gasteiger partial charge in [-0.2, -0.15) is 0 Å². The lowest BCUT2D eigenvalue weighted by molar-refractivity contribution is -0.148. The Balaban J connectivity index is 1.50. The van der Waals surface area contributed by atoms with Crippen molar-refractivity contribution in [1.82, 2.24) is 0 Å². The molecular weight excluding hydrogens is 406 g/mol. The zero-order valence-electron chi connectivity index (χ0n) is 16.1. The third-order valence-corrected chi connectivity index (χ3v) is 4.93. The second kappa shape index (κ2) is 8.47. The Bertz CT molecular complexity index is 1070. The highest BCUT2D eigenvalue weighted by molar-refractivity contribution is 6.31. The van der Waals surface area contributed by atoms with Crippen LogP contribution in [0.5, 0.6) is 17.2 Å². The third-order valence-electron chi connectivity index (χ3n) is 4.70. The van der Waals surface area contributed by atoms with Gasteiger partial charge in [0, 0.05) is 16.1 Å². The molecule has 0 aliphatic carbocycles. The lowest BCUT2D eigenvalue weighted by atomic mass is 9.88. The molecule has 0 fully saturated rings. The van der Waals surface area contributed by atoms with Gasteiger partial charge in [0.1, 0.15) is 23.2 Å². The monoisotopic (exact) mass is 423 g/mol. The number of anilines is 1. The van der Waals surface area contributed by atoms with E-state index in [2.05, 4.69) is 5.32 Å². The van der Waals surface area contributed by atoms with Gasteiger partial charge >= 0.3 is 5.97 Å². The summed E-state index contributed by atoms with van der Waals surface area (Å²) < 4.78 is 16.4. The number of nitrogens with one attached hydrogen (secondary N) is 1. The summed E-state index contributed by atoms with van der Waals surface area (Å²) in [5.74, 6) is -0.0903. The molecule has 7 heteroatoms. The predicted molar refractivity (Wildman–Crippen MR) is 112 cm³/mol. The van der Waals surface area contributed by atoms with Crippen LogP contribution in [-0.4, -0.2) is 25.6 Å². The molecule has 0 saturated heterocycles. The summed E-state index contributed by atoms with van der Waals surface area (Å²) in [4.78, 5) is 25.3. The van der Waals surface area contributed by atoms with Crippen molar-refractivity contribution in [2.75, 3.05) is 19.0 Å². The Labute approximate surface area is 178 Å². The number of esters is 1. The highest BCUT2D eigenvalue weighted by Gasteiger charge is 2.33. The fourth-order valence-corrected chi connectivity index (χ4v) is 3.52. The Morgan fingerprint density at radius 3 is 2.27 bits per heavy atom. The molecule has 0 unspecified atom stereocenters. The summed E-state index contributed by atoms with van der Waals surface area (Å²) in [5.41, 5.74) is 1.78. The molecule has 152 valence electrons. The first-order chi connectivity index (χ1) is 14.6. The van der Waals surface area contributed by atoms with E-state index in [4.69, 9.17) is 25.8 Å². The van der Waals surface area contributed by atoms with Gasteiger partial charge in [0.2, 0.25) is 0 Å². The minimum Gasteiger partial charge on any atom is -0.495 e. The van der Waals surface area contributed by atoms with Crippen LogP contribution in [0.15, 0.2) is 66.7 Å². The molecule has 0 bridgehead atoms. The molecule has 6 nitrogen and oxygen atoms in total. The molecular formula is C23H18ClNO5. The van der Waals surface area contributed by atoms with Crippen LogP contribution in [0.25, 0.3) is 0 Å². The number of para-hydroxylation sites is 2. The van der Waals surface area contributed by atoms with Gasteiger partial charge in [-0.05, 0) is 30.3 Å². The van der Waals surface area contributed by atoms with Crippen molar-refractivity contribution >= 4 is 29.2 Å². The average Bonchev–Trinajstić information content (AvgIpc) is 2.76. The molecule has 1 N–H and O–H groups in total. The van der Waals surface area contributed by atoms with Crippen LogP contribution in [0.1, 0.15) is 17.0 Å². The van der Waals surface area contributed by atoms with Crippen molar-refractivity contribution < 1.29 is 23.8 Å². The molecule has 1 heterocycles. The van der Waals surface area contributed by atoms with E-state index < -0.39 is 24.4 Å². The van der Waals surface area contributed by atoms with Crippen molar-refractivity contribution in [1.29, 1.82) is 0 Å². The number of rotatable bonds is 5. The van der Waals surface area contributed by atoms with E-state index >= 15 is 0 Å². The SMILES string of the molecule is COc1ccc(Cl)cc1NC(=O)COC(=O)C1c2ccccc2Oc2ccccc21. The van der Waals surface area contributed by atoms with Gasteiger partial charge in [-0.15, -0.1) is 0 Å². The second-order valence-corrected chi connectivity index (χ2v) is 7.05. The van der Waals surface area contributed by atoms with E-state index in [1.807, 2.05) is 36.4 Å². The highest BCUT2D eigenvalue weighted by Crippen LogP contribution is 2.44. The Hall–Kier alpha value is -3.51. The van der Waals surface area contributed by atoms with E-state index in [-0.39, 0.29) is 0 Å². The molecule has 4 rings (SSSR count). The first-order valence-corrected chi connectivity index (χ1v) is 9.60. The molecule has 1 aliphatic rings. The summed E-state index contributed by atoms with van der Waals surface area (Å²) in [6, 6.07) is 19.4. The summed E-state index contributed by atoms with van der Waals surface area (Å²) in [6.07, 6.45) is 0. The van der Waals surface area contributed by atoms with E-state index in [1.54, 1.807) is 30.3 Å². The Morgan fingerprint density at radius 2 is 1.63 bits per heavy atom. The summed E-state index contributed by atoms with van der Waals surface area (Å²) in [5, 5.41) is 3.09. The van der Waals surface area contributed by atoms with Crippen molar-refractivity contribution in [2.45, 2.75) is 5.92 Å². The molecule has 0 spiro atoms. The number of halogens is 1. The number of fused-ring (bicyclic) bond motifs is 2. The fraction of sp³-hybridized carbons (Fsp3) is 0.130. The number of hydrogen-bond donors (Lipinski definition) is 1. The standard InChI is InChI=1S/C23H18ClNO5/c1-28-20-11-10-14(24)12-17(20)25-21(26)13-29-23(27)22-15-6-2-4-8-18(15)30-19-9-5-3-7-16(19)22/h2-12,22H,13H2,1H3,(H,25,26). The Morgan fingerprint density at radius 1 is 1.00 bits per heavy atom. The maximum Gasteiger partial charge on any atom is 0.318 e. The normalized spacial score (nSPS) is 12.2. The van der Waals surface area contributed by atoms with Crippen LogP contribution in [0, 0.1) is 0 Å². The first kappa shape index (κ1) is 19.8. The van der Waals surface area contributed by atoms with Crippen LogP contribution in [0.2, 0.25) is 5.02 Å². The van der Waals surface area contributed by atoms with Crippen molar-refractivity contribution in [3.05, 3.63) is 82.9 Å². The number of carbonyl (C=O) groups is 2. The number of amides is 1. The van der Waals surface area contributed by atoms with Gasteiger partial charge in [-0.1, -0.05) is 48.0 Å². The van der Waals surface area contributed by atoms with Gasteiger partial charge < -0.3 is 19.5 Å². The third kappa shape index (κ3) is 3.95. The molecule has 3 aromatic rings. The second-order valence-electron chi connectivity index (χ2n) is 6.61. The number of ether oxygens (including phenoxy) is 3. The quantitative estimate of drug-likeness (QED) is 0.598. The van der Waals surface area contributed by atoms with Crippen molar-refractivity contribution in [3.63, 3.8) is 0 Å². The van der Waals surface area contributed by atoms with Gasteiger partial charge in [0.05, 0.1) is 12.8 Å². The van der Waals surface area contributed by atoms with Crippen molar-refractivity contribution in [2.24, 2.45) is 0 Å². The Kier molecular flexibility index (Phi) is 5.59. The van der Waals surface area contributed by atoms with Crippen LogP contribution in [0.3, 0.4) is 0 Å². The minimum absolute atomic E-state index is 0.396. The van der Waals surface area contributed by atoms with Crippen LogP contribution >= 0.6 is 11.6 Å². The molecule has 0 saturated carbocycles. The fourth-order valence-electron chi connectivity index (χ4n) is 3.35. The average molecular weight is 424 g/mol. The molecule has 3 aromatic carbocycles. The van der Waals surface area contributed by atoms with Gasteiger partial charge in [-0.3, -0.25) is 9.59 Å². The summed E-state index contributed by atoms with van der Waals surface area (Å²) >= 11 is 5.98.